The number of fused-ring (bicyclic) bond motifs is 3. The lowest BCUT2D eigenvalue weighted by Gasteiger charge is -2.56. The van der Waals surface area contributed by atoms with Crippen LogP contribution >= 0.6 is 0 Å². The van der Waals surface area contributed by atoms with Crippen molar-refractivity contribution in [2.45, 2.75) is 62.6 Å². The van der Waals surface area contributed by atoms with Crippen molar-refractivity contribution < 1.29 is 18.7 Å². The monoisotopic (exact) mass is 450 g/mol. The molecule has 2 aliphatic carbocycles. The number of benzene rings is 2. The van der Waals surface area contributed by atoms with E-state index in [4.69, 9.17) is 0 Å². The summed E-state index contributed by atoms with van der Waals surface area (Å²) in [7, 11) is 0. The van der Waals surface area contributed by atoms with Gasteiger partial charge in [-0.05, 0) is 67.2 Å². The first-order valence-corrected chi connectivity index (χ1v) is 12.0. The Bertz CT molecular complexity index is 1200. The number of rotatable bonds is 4. The SMILES string of the molecule is O=C(CC(c1ccc(F)cc1F)c1c[nH]c2ccccc12)N1C2CCC3C(O)CC1CC3C2. The van der Waals surface area contributed by atoms with Gasteiger partial charge in [-0.15, -0.1) is 0 Å². The fourth-order valence-electron chi connectivity index (χ4n) is 6.96. The van der Waals surface area contributed by atoms with E-state index < -0.39 is 17.6 Å². The zero-order valence-electron chi connectivity index (χ0n) is 18.4. The van der Waals surface area contributed by atoms with Gasteiger partial charge in [0.1, 0.15) is 11.6 Å². The number of aliphatic hydroxyl groups is 1. The molecule has 1 amide bonds. The zero-order valence-corrected chi connectivity index (χ0v) is 18.4. The third kappa shape index (κ3) is 3.46. The van der Waals surface area contributed by atoms with Crippen LogP contribution in [0.15, 0.2) is 48.7 Å². The van der Waals surface area contributed by atoms with E-state index in [0.717, 1.165) is 48.2 Å². The number of carbonyl (C=O) groups excluding carboxylic acids is 1. The number of aromatic amines is 1. The molecule has 6 atom stereocenters. The van der Waals surface area contributed by atoms with Crippen molar-refractivity contribution in [3.8, 4) is 0 Å². The molecule has 2 N–H and O–H groups in total. The Labute approximate surface area is 191 Å². The van der Waals surface area contributed by atoms with Crippen molar-refractivity contribution in [3.05, 3.63) is 71.4 Å². The van der Waals surface area contributed by atoms with Crippen LogP contribution in [0.2, 0.25) is 0 Å². The van der Waals surface area contributed by atoms with Crippen LogP contribution in [0, 0.1) is 23.5 Å². The van der Waals surface area contributed by atoms with Crippen LogP contribution in [-0.2, 0) is 4.79 Å². The van der Waals surface area contributed by atoms with E-state index in [1.807, 2.05) is 35.4 Å². The summed E-state index contributed by atoms with van der Waals surface area (Å²) in [4.78, 5) is 19.1. The van der Waals surface area contributed by atoms with Crippen molar-refractivity contribution in [3.63, 3.8) is 0 Å². The summed E-state index contributed by atoms with van der Waals surface area (Å²) in [5, 5.41) is 11.6. The molecule has 3 fully saturated rings. The van der Waals surface area contributed by atoms with E-state index >= 15 is 0 Å². The molecule has 3 bridgehead atoms. The van der Waals surface area contributed by atoms with E-state index in [9.17, 15) is 18.7 Å². The second kappa shape index (κ2) is 7.94. The predicted molar refractivity (Wildman–Crippen MR) is 122 cm³/mol. The molecule has 172 valence electrons. The maximum Gasteiger partial charge on any atom is 0.224 e. The normalized spacial score (nSPS) is 29.4. The first-order valence-electron chi connectivity index (χ1n) is 12.0. The van der Waals surface area contributed by atoms with Crippen LogP contribution in [0.5, 0.6) is 0 Å². The summed E-state index contributed by atoms with van der Waals surface area (Å²) in [5.41, 5.74) is 2.09. The highest BCUT2D eigenvalue weighted by atomic mass is 19.1. The van der Waals surface area contributed by atoms with E-state index in [-0.39, 0.29) is 30.5 Å². The van der Waals surface area contributed by atoms with Crippen LogP contribution in [0.4, 0.5) is 8.78 Å². The molecular formula is C27H28F2N2O2. The Morgan fingerprint density at radius 1 is 1.06 bits per heavy atom. The highest BCUT2D eigenvalue weighted by Crippen LogP contribution is 2.49. The molecule has 33 heavy (non-hydrogen) atoms. The minimum Gasteiger partial charge on any atom is -0.393 e. The van der Waals surface area contributed by atoms with Gasteiger partial charge in [-0.25, -0.2) is 8.78 Å². The van der Waals surface area contributed by atoms with Gasteiger partial charge in [0.05, 0.1) is 6.10 Å². The molecule has 1 aliphatic heterocycles. The molecule has 2 heterocycles. The van der Waals surface area contributed by atoms with Gasteiger partial charge in [-0.1, -0.05) is 24.3 Å². The Balaban J connectivity index is 1.37. The number of nitrogens with one attached hydrogen (secondary N) is 1. The molecule has 4 nitrogen and oxygen atoms in total. The summed E-state index contributed by atoms with van der Waals surface area (Å²) < 4.78 is 28.7. The van der Waals surface area contributed by atoms with E-state index in [1.54, 1.807) is 0 Å². The van der Waals surface area contributed by atoms with Gasteiger partial charge in [0.25, 0.3) is 0 Å². The molecule has 2 aromatic carbocycles. The number of likely N-dealkylation sites (tertiary alicyclic amines) is 1. The number of carbonyl (C=O) groups is 1. The molecule has 6 unspecified atom stereocenters. The van der Waals surface area contributed by atoms with Crippen LogP contribution in [0.25, 0.3) is 10.9 Å². The molecule has 1 aromatic heterocycles. The molecule has 1 saturated heterocycles. The first kappa shape index (κ1) is 20.8. The van der Waals surface area contributed by atoms with Crippen molar-refractivity contribution in [1.82, 2.24) is 9.88 Å². The minimum atomic E-state index is -0.634. The Morgan fingerprint density at radius 2 is 1.88 bits per heavy atom. The number of para-hydroxylation sites is 1. The molecule has 6 rings (SSSR count). The van der Waals surface area contributed by atoms with E-state index in [0.29, 0.717) is 23.8 Å². The maximum absolute atomic E-state index is 15.0. The average Bonchev–Trinajstić information content (AvgIpc) is 3.21. The second-order valence-electron chi connectivity index (χ2n) is 10.1. The number of hydrogen-bond acceptors (Lipinski definition) is 2. The van der Waals surface area contributed by atoms with Gasteiger partial charge in [0.15, 0.2) is 0 Å². The lowest BCUT2D eigenvalue weighted by atomic mass is 9.62. The molecule has 2 saturated carbocycles. The van der Waals surface area contributed by atoms with Crippen LogP contribution in [-0.4, -0.2) is 39.1 Å². The number of aromatic nitrogens is 1. The number of amides is 1. The summed E-state index contributed by atoms with van der Waals surface area (Å²) in [6, 6.07) is 11.6. The lowest BCUT2D eigenvalue weighted by Crippen LogP contribution is -2.61. The highest BCUT2D eigenvalue weighted by molar-refractivity contribution is 5.86. The second-order valence-corrected chi connectivity index (χ2v) is 10.1. The van der Waals surface area contributed by atoms with Gasteiger partial charge in [0, 0.05) is 47.6 Å². The van der Waals surface area contributed by atoms with Crippen LogP contribution < -0.4 is 0 Å². The largest absolute Gasteiger partial charge is 0.393 e. The number of nitrogens with zero attached hydrogens (tertiary/aromatic N) is 1. The fraction of sp³-hybridized carbons (Fsp3) is 0.444. The summed E-state index contributed by atoms with van der Waals surface area (Å²) in [5.74, 6) is -0.921. The highest BCUT2D eigenvalue weighted by Gasteiger charge is 2.50. The minimum absolute atomic E-state index is 0.00462. The fourth-order valence-corrected chi connectivity index (χ4v) is 6.96. The van der Waals surface area contributed by atoms with Crippen molar-refractivity contribution >= 4 is 16.8 Å². The smallest absolute Gasteiger partial charge is 0.224 e. The van der Waals surface area contributed by atoms with E-state index in [2.05, 4.69) is 4.98 Å². The molecular weight excluding hydrogens is 422 g/mol. The molecule has 0 spiro atoms. The number of H-pyrrole nitrogens is 1. The Hall–Kier alpha value is -2.73. The van der Waals surface area contributed by atoms with E-state index in [1.165, 1.54) is 12.1 Å². The van der Waals surface area contributed by atoms with Crippen molar-refractivity contribution in [2.24, 2.45) is 11.8 Å². The maximum atomic E-state index is 15.0. The topological polar surface area (TPSA) is 56.3 Å². The van der Waals surface area contributed by atoms with Crippen LogP contribution in [0.1, 0.15) is 55.6 Å². The zero-order chi connectivity index (χ0) is 22.7. The quantitative estimate of drug-likeness (QED) is 0.580. The number of piperidine rings is 1. The third-order valence-electron chi connectivity index (χ3n) is 8.38. The third-order valence-corrected chi connectivity index (χ3v) is 8.38. The van der Waals surface area contributed by atoms with Gasteiger partial charge in [-0.3, -0.25) is 4.79 Å². The lowest BCUT2D eigenvalue weighted by molar-refractivity contribution is -0.153. The molecule has 3 aliphatic rings. The number of aliphatic hydroxyl groups excluding tert-OH is 1. The van der Waals surface area contributed by atoms with Gasteiger partial charge in [-0.2, -0.15) is 0 Å². The van der Waals surface area contributed by atoms with Crippen LogP contribution in [0.3, 0.4) is 0 Å². The first-order chi connectivity index (χ1) is 16.0. The summed E-state index contributed by atoms with van der Waals surface area (Å²) >= 11 is 0. The summed E-state index contributed by atoms with van der Waals surface area (Å²) in [6.07, 6.45) is 6.03. The standard InChI is InChI=1S/C27H28F2N2O2/c28-16-5-7-20(24(29)11-16)22(23-14-30-25-4-2-1-3-21(23)25)13-27(33)31-17-6-8-19-15(9-17)10-18(31)12-26(19)32/h1-5,7,11,14-15,17-19,22,26,30,32H,6,8-10,12-13H2. The Morgan fingerprint density at radius 3 is 2.73 bits per heavy atom. The molecule has 6 heteroatoms. The summed E-state index contributed by atoms with van der Waals surface area (Å²) in [6.45, 7) is 0. The number of hydrogen-bond donors (Lipinski definition) is 2. The van der Waals surface area contributed by atoms with Gasteiger partial charge < -0.3 is 15.0 Å². The molecule has 0 radical (unpaired) electrons. The van der Waals surface area contributed by atoms with Gasteiger partial charge >= 0.3 is 0 Å². The molecule has 3 aromatic rings. The number of halogens is 2. The van der Waals surface area contributed by atoms with Gasteiger partial charge in [0.2, 0.25) is 5.91 Å². The Kier molecular flexibility index (Phi) is 5.02. The van der Waals surface area contributed by atoms with Crippen molar-refractivity contribution in [2.75, 3.05) is 0 Å². The predicted octanol–water partition coefficient (Wildman–Crippen LogP) is 5.12. The van der Waals surface area contributed by atoms with Crippen molar-refractivity contribution in [1.29, 1.82) is 0 Å². The average molecular weight is 451 g/mol.